The smallest absolute Gasteiger partial charge is 0.137 e. The molecule has 0 spiro atoms. The highest BCUT2D eigenvalue weighted by atomic mass is 32.2. The number of nitrogens with zero attached hydrogens (tertiary/aromatic N) is 3. The third kappa shape index (κ3) is 3.09. The first-order chi connectivity index (χ1) is 10.7. The first-order valence-corrected chi connectivity index (χ1v) is 8.11. The van der Waals surface area contributed by atoms with E-state index < -0.39 is 0 Å². The van der Waals surface area contributed by atoms with Crippen LogP contribution in [0.4, 0.5) is 10.1 Å². The summed E-state index contributed by atoms with van der Waals surface area (Å²) in [4.78, 5) is 7.77. The largest absolute Gasteiger partial charge is 0.378 e. The van der Waals surface area contributed by atoms with Crippen LogP contribution in [0.25, 0.3) is 16.9 Å². The lowest BCUT2D eigenvalue weighted by molar-refractivity contribution is 0.533. The van der Waals surface area contributed by atoms with Crippen molar-refractivity contribution in [3.05, 3.63) is 48.8 Å². The minimum Gasteiger partial charge on any atom is -0.378 e. The zero-order valence-electron chi connectivity index (χ0n) is 12.7. The van der Waals surface area contributed by atoms with Crippen molar-refractivity contribution < 1.29 is 4.39 Å². The van der Waals surface area contributed by atoms with E-state index in [0.29, 0.717) is 5.75 Å². The van der Waals surface area contributed by atoms with Crippen molar-refractivity contribution in [3.8, 4) is 11.3 Å². The van der Waals surface area contributed by atoms with Crippen LogP contribution in [0.1, 0.15) is 0 Å². The van der Waals surface area contributed by atoms with Crippen LogP contribution in [0.15, 0.2) is 53.7 Å². The highest BCUT2D eigenvalue weighted by molar-refractivity contribution is 7.99. The van der Waals surface area contributed by atoms with E-state index in [-0.39, 0.29) is 6.67 Å². The van der Waals surface area contributed by atoms with Gasteiger partial charge >= 0.3 is 0 Å². The third-order valence-corrected chi connectivity index (χ3v) is 4.38. The Hall–Kier alpha value is -2.01. The van der Waals surface area contributed by atoms with Gasteiger partial charge in [0.15, 0.2) is 0 Å². The fourth-order valence-corrected chi connectivity index (χ4v) is 2.95. The van der Waals surface area contributed by atoms with Gasteiger partial charge in [-0.05, 0) is 24.3 Å². The maximum absolute atomic E-state index is 12.3. The van der Waals surface area contributed by atoms with Gasteiger partial charge in [0, 0.05) is 48.4 Å². The molecule has 0 aliphatic heterocycles. The molecule has 0 atom stereocenters. The summed E-state index contributed by atoms with van der Waals surface area (Å²) < 4.78 is 14.3. The number of halogens is 1. The number of pyridine rings is 1. The van der Waals surface area contributed by atoms with Crippen LogP contribution in [-0.4, -0.2) is 35.9 Å². The molecule has 2 aromatic heterocycles. The molecule has 3 aromatic rings. The molecule has 0 radical (unpaired) electrons. The zero-order chi connectivity index (χ0) is 15.5. The van der Waals surface area contributed by atoms with E-state index in [1.165, 1.54) is 11.8 Å². The lowest BCUT2D eigenvalue weighted by Gasteiger charge is -2.12. The van der Waals surface area contributed by atoms with Gasteiger partial charge in [-0.2, -0.15) is 0 Å². The van der Waals surface area contributed by atoms with E-state index in [0.717, 1.165) is 27.5 Å². The lowest BCUT2D eigenvalue weighted by Crippen LogP contribution is -2.07. The van der Waals surface area contributed by atoms with Gasteiger partial charge in [0.05, 0.1) is 12.4 Å². The van der Waals surface area contributed by atoms with Crippen LogP contribution in [0.5, 0.6) is 0 Å². The monoisotopic (exact) mass is 314 g/mol. The summed E-state index contributed by atoms with van der Waals surface area (Å²) in [5.74, 6) is 0.485. The zero-order valence-corrected chi connectivity index (χ0v) is 13.5. The van der Waals surface area contributed by atoms with Gasteiger partial charge < -0.3 is 9.30 Å². The van der Waals surface area contributed by atoms with Crippen molar-refractivity contribution in [2.45, 2.75) is 4.90 Å². The normalized spacial score (nSPS) is 11.0. The summed E-state index contributed by atoms with van der Waals surface area (Å²) >= 11 is 1.52. The second-order valence-corrected chi connectivity index (χ2v) is 6.40. The van der Waals surface area contributed by atoms with E-state index in [1.807, 2.05) is 43.0 Å². The summed E-state index contributed by atoms with van der Waals surface area (Å²) in [6, 6.07) is 12.3. The predicted octanol–water partition coefficient (Wildman–Crippen LogP) is 4.13. The van der Waals surface area contributed by atoms with Crippen molar-refractivity contribution in [1.82, 2.24) is 9.38 Å². The number of rotatable bonds is 5. The van der Waals surface area contributed by atoms with Gasteiger partial charge in [-0.25, -0.2) is 4.98 Å². The summed E-state index contributed by atoms with van der Waals surface area (Å²) in [5.41, 5.74) is 4.10. The maximum Gasteiger partial charge on any atom is 0.137 e. The van der Waals surface area contributed by atoms with E-state index in [1.54, 1.807) is 0 Å². The Morgan fingerprint density at radius 2 is 1.86 bits per heavy atom. The number of hydrogen-bond acceptors (Lipinski definition) is 3. The number of imidazole rings is 1. The van der Waals surface area contributed by atoms with Crippen LogP contribution in [0.3, 0.4) is 0 Å². The Labute approximate surface area is 133 Å². The van der Waals surface area contributed by atoms with Crippen molar-refractivity contribution in [1.29, 1.82) is 0 Å². The Kier molecular flexibility index (Phi) is 4.34. The average molecular weight is 314 g/mol. The van der Waals surface area contributed by atoms with Gasteiger partial charge in [0.1, 0.15) is 5.65 Å². The Bertz CT molecular complexity index is 765. The molecule has 3 rings (SSSR count). The molecule has 0 fully saturated rings. The Morgan fingerprint density at radius 1 is 1.09 bits per heavy atom. The first kappa shape index (κ1) is 14.9. The standard InChI is InChI=1S/C17H18FN3S/c1-20(2)14-5-3-13(4-6-14)16-12-21-11-15(22-10-9-18)7-8-17(21)19-16/h3-8,11-12H,9-10H2,1-2H3/i18-1. The molecule has 22 heavy (non-hydrogen) atoms. The van der Waals surface area contributed by atoms with Crippen LogP contribution in [0, 0.1) is 0 Å². The predicted molar refractivity (Wildman–Crippen MR) is 91.7 cm³/mol. The van der Waals surface area contributed by atoms with Crippen molar-refractivity contribution >= 4 is 23.1 Å². The summed E-state index contributed by atoms with van der Waals surface area (Å²) in [5, 5.41) is 0. The molecule has 0 saturated heterocycles. The molecule has 0 bridgehead atoms. The SMILES string of the molecule is CN(C)c1ccc(-c2cn3cc(SCC[18F])ccc3n2)cc1. The van der Waals surface area contributed by atoms with Crippen molar-refractivity contribution in [2.24, 2.45) is 0 Å². The van der Waals surface area contributed by atoms with Gasteiger partial charge in [0.25, 0.3) is 0 Å². The molecule has 3 nitrogen and oxygen atoms in total. The van der Waals surface area contributed by atoms with Gasteiger partial charge in [-0.15, -0.1) is 11.8 Å². The molecule has 5 heteroatoms. The number of hydrogen-bond donors (Lipinski definition) is 0. The number of fused-ring (bicyclic) bond motifs is 1. The lowest BCUT2D eigenvalue weighted by atomic mass is 10.1. The third-order valence-electron chi connectivity index (χ3n) is 3.45. The fourth-order valence-electron chi connectivity index (χ4n) is 2.28. The highest BCUT2D eigenvalue weighted by Gasteiger charge is 2.06. The molecule has 0 amide bonds. The second kappa shape index (κ2) is 6.40. The number of benzene rings is 1. The van der Waals surface area contributed by atoms with Crippen molar-refractivity contribution in [2.75, 3.05) is 31.4 Å². The molecule has 114 valence electrons. The fraction of sp³-hybridized carbons (Fsp3) is 0.235. The summed E-state index contributed by atoms with van der Waals surface area (Å²) in [6.07, 6.45) is 4.01. The summed E-state index contributed by atoms with van der Waals surface area (Å²) in [6.45, 7) is -0.309. The molecular weight excluding hydrogens is 296 g/mol. The van der Waals surface area contributed by atoms with E-state index >= 15 is 0 Å². The van der Waals surface area contributed by atoms with E-state index in [9.17, 15) is 4.39 Å². The molecule has 0 aliphatic carbocycles. The van der Waals surface area contributed by atoms with Crippen molar-refractivity contribution in [3.63, 3.8) is 0 Å². The van der Waals surface area contributed by atoms with E-state index in [2.05, 4.69) is 34.1 Å². The Balaban J connectivity index is 1.90. The van der Waals surface area contributed by atoms with Gasteiger partial charge in [0.2, 0.25) is 0 Å². The topological polar surface area (TPSA) is 20.5 Å². The van der Waals surface area contributed by atoms with Gasteiger partial charge in [-0.3, -0.25) is 4.39 Å². The quantitative estimate of drug-likeness (QED) is 0.661. The minimum atomic E-state index is -0.309. The second-order valence-electron chi connectivity index (χ2n) is 5.24. The minimum absolute atomic E-state index is 0.309. The molecular formula is C17H18FN3S. The number of aromatic nitrogens is 2. The number of anilines is 1. The molecule has 1 aromatic carbocycles. The maximum atomic E-state index is 12.3. The Morgan fingerprint density at radius 3 is 2.55 bits per heavy atom. The number of alkyl halides is 1. The van der Waals surface area contributed by atoms with Crippen LogP contribution < -0.4 is 4.90 Å². The molecule has 0 N–H and O–H groups in total. The van der Waals surface area contributed by atoms with Crippen LogP contribution in [-0.2, 0) is 0 Å². The first-order valence-electron chi connectivity index (χ1n) is 7.12. The highest BCUT2D eigenvalue weighted by Crippen LogP contribution is 2.24. The molecule has 0 unspecified atom stereocenters. The van der Waals surface area contributed by atoms with Crippen LogP contribution in [0.2, 0.25) is 0 Å². The van der Waals surface area contributed by atoms with Gasteiger partial charge in [-0.1, -0.05) is 12.1 Å². The molecule has 0 aliphatic rings. The van der Waals surface area contributed by atoms with E-state index in [4.69, 9.17) is 0 Å². The average Bonchev–Trinajstić information content (AvgIpc) is 2.96. The molecule has 2 heterocycles. The number of thioether (sulfide) groups is 1. The van der Waals surface area contributed by atoms with Crippen LogP contribution >= 0.6 is 11.8 Å². The summed E-state index contributed by atoms with van der Waals surface area (Å²) in [7, 11) is 4.05. The molecule has 0 saturated carbocycles.